The fourth-order valence-electron chi connectivity index (χ4n) is 3.09. The van der Waals surface area contributed by atoms with E-state index < -0.39 is 17.4 Å². The van der Waals surface area contributed by atoms with Gasteiger partial charge < -0.3 is 15.7 Å². The van der Waals surface area contributed by atoms with Gasteiger partial charge in [-0.15, -0.1) is 0 Å². The number of phenolic OH excluding ortho intramolecular Hbond substituents is 1. The fraction of sp³-hybridized carbons (Fsp3) is 0.200. The highest BCUT2D eigenvalue weighted by Crippen LogP contribution is 2.22. The molecule has 0 aliphatic heterocycles. The van der Waals surface area contributed by atoms with Crippen molar-refractivity contribution in [2.75, 3.05) is 7.05 Å². The topological polar surface area (TPSA) is 138 Å². The number of hydrogen-bond donors (Lipinski definition) is 4. The highest BCUT2D eigenvalue weighted by atomic mass is 16.3. The maximum Gasteiger partial charge on any atom is 0.356 e. The van der Waals surface area contributed by atoms with Gasteiger partial charge in [-0.25, -0.2) is 19.3 Å². The highest BCUT2D eigenvalue weighted by Gasteiger charge is 2.20. The molecule has 3 aromatic rings. The van der Waals surface area contributed by atoms with Crippen molar-refractivity contribution in [2.45, 2.75) is 19.4 Å². The number of para-hydroxylation sites is 1. The number of aromatic hydroxyl groups is 1. The van der Waals surface area contributed by atoms with Crippen LogP contribution in [0, 0.1) is 0 Å². The molecule has 0 spiro atoms. The molecule has 1 atom stereocenters. The number of amides is 2. The standard InChI is InChI=1S/C20H21N5O5/c1-12(26)22-15(18(28)21-2)10-13-8-9-17(27)16(11-13)25-20(30)24(19(29)23-25)14-6-4-3-5-7-14/h3-9,11,15,27H,10H2,1-2H3,(H,21,28)(H,22,26)(H,23,29)/t15-/m0/s1. The first-order valence-corrected chi connectivity index (χ1v) is 9.12. The summed E-state index contributed by atoms with van der Waals surface area (Å²) < 4.78 is 1.87. The van der Waals surface area contributed by atoms with Gasteiger partial charge in [0.2, 0.25) is 11.8 Å². The molecule has 2 aromatic carbocycles. The van der Waals surface area contributed by atoms with Crippen LogP contribution in [0.25, 0.3) is 11.4 Å². The number of rotatable bonds is 6. The minimum absolute atomic E-state index is 0.0442. The number of nitrogens with one attached hydrogen (secondary N) is 3. The number of H-pyrrole nitrogens is 1. The van der Waals surface area contributed by atoms with Crippen molar-refractivity contribution in [3.63, 3.8) is 0 Å². The van der Waals surface area contributed by atoms with Crippen LogP contribution in [-0.2, 0) is 16.0 Å². The lowest BCUT2D eigenvalue weighted by atomic mass is 10.0. The first-order chi connectivity index (χ1) is 14.3. The van der Waals surface area contributed by atoms with Crippen LogP contribution in [0.3, 0.4) is 0 Å². The SMILES string of the molecule is CNC(=O)[C@H](Cc1ccc(O)c(-n2[nH]c(=O)n(-c3ccccc3)c2=O)c1)NC(C)=O. The van der Waals surface area contributed by atoms with Crippen LogP contribution in [0.1, 0.15) is 12.5 Å². The summed E-state index contributed by atoms with van der Waals surface area (Å²) in [5.74, 6) is -0.998. The summed E-state index contributed by atoms with van der Waals surface area (Å²) >= 11 is 0. The molecule has 0 radical (unpaired) electrons. The number of carbonyl (C=O) groups excluding carboxylic acids is 2. The number of hydrogen-bond acceptors (Lipinski definition) is 5. The second-order valence-corrected chi connectivity index (χ2v) is 6.60. The van der Waals surface area contributed by atoms with Gasteiger partial charge in [0, 0.05) is 20.4 Å². The summed E-state index contributed by atoms with van der Waals surface area (Å²) in [5, 5.41) is 17.7. The Balaban J connectivity index is 2.03. The van der Waals surface area contributed by atoms with Gasteiger partial charge in [0.1, 0.15) is 17.5 Å². The molecular weight excluding hydrogens is 390 g/mol. The molecule has 0 aliphatic rings. The Labute approximate surface area is 170 Å². The second-order valence-electron chi connectivity index (χ2n) is 6.60. The molecule has 10 heteroatoms. The number of benzene rings is 2. The van der Waals surface area contributed by atoms with Gasteiger partial charge in [0.25, 0.3) is 0 Å². The van der Waals surface area contributed by atoms with E-state index >= 15 is 0 Å². The van der Waals surface area contributed by atoms with E-state index in [1.54, 1.807) is 36.4 Å². The first kappa shape index (κ1) is 20.6. The van der Waals surface area contributed by atoms with Crippen molar-refractivity contribution >= 4 is 11.8 Å². The van der Waals surface area contributed by atoms with Crippen molar-refractivity contribution in [1.29, 1.82) is 0 Å². The van der Waals surface area contributed by atoms with Gasteiger partial charge in [-0.1, -0.05) is 24.3 Å². The van der Waals surface area contributed by atoms with Crippen LogP contribution in [-0.4, -0.2) is 44.4 Å². The number of phenols is 1. The third-order valence-electron chi connectivity index (χ3n) is 4.47. The molecule has 10 nitrogen and oxygen atoms in total. The maximum absolute atomic E-state index is 12.8. The molecule has 0 fully saturated rings. The molecule has 3 rings (SSSR count). The summed E-state index contributed by atoms with van der Waals surface area (Å²) in [6, 6.07) is 11.9. The largest absolute Gasteiger partial charge is 0.506 e. The van der Waals surface area contributed by atoms with Crippen LogP contribution in [0.5, 0.6) is 5.75 Å². The summed E-state index contributed by atoms with van der Waals surface area (Å²) in [6.45, 7) is 1.30. The van der Waals surface area contributed by atoms with Crippen molar-refractivity contribution in [3.8, 4) is 17.1 Å². The number of carbonyl (C=O) groups is 2. The number of nitrogens with zero attached hydrogens (tertiary/aromatic N) is 2. The Bertz CT molecular complexity index is 1190. The highest BCUT2D eigenvalue weighted by molar-refractivity contribution is 5.86. The van der Waals surface area contributed by atoms with Gasteiger partial charge in [-0.3, -0.25) is 9.59 Å². The first-order valence-electron chi connectivity index (χ1n) is 9.12. The van der Waals surface area contributed by atoms with Gasteiger partial charge in [-0.2, -0.15) is 4.68 Å². The Morgan fingerprint density at radius 2 is 1.83 bits per heavy atom. The summed E-state index contributed by atoms with van der Waals surface area (Å²) in [4.78, 5) is 48.7. The van der Waals surface area contributed by atoms with Crippen molar-refractivity contribution < 1.29 is 14.7 Å². The molecule has 0 unspecified atom stereocenters. The third kappa shape index (κ3) is 4.17. The van der Waals surface area contributed by atoms with E-state index in [-0.39, 0.29) is 29.7 Å². The van der Waals surface area contributed by atoms with Crippen LogP contribution in [0.4, 0.5) is 0 Å². The number of aromatic amines is 1. The summed E-state index contributed by atoms with van der Waals surface area (Å²) in [7, 11) is 1.45. The zero-order chi connectivity index (χ0) is 21.8. The quantitative estimate of drug-likeness (QED) is 0.446. The van der Waals surface area contributed by atoms with Gasteiger partial charge in [0.15, 0.2) is 0 Å². The van der Waals surface area contributed by atoms with E-state index in [2.05, 4.69) is 15.7 Å². The zero-order valence-electron chi connectivity index (χ0n) is 16.4. The van der Waals surface area contributed by atoms with Crippen molar-refractivity contribution in [2.24, 2.45) is 0 Å². The normalized spacial score (nSPS) is 11.7. The molecule has 0 bridgehead atoms. The Kier molecular flexibility index (Phi) is 5.86. The molecule has 0 saturated carbocycles. The minimum atomic E-state index is -0.838. The van der Waals surface area contributed by atoms with Crippen LogP contribution in [0.15, 0.2) is 58.1 Å². The Morgan fingerprint density at radius 1 is 1.13 bits per heavy atom. The van der Waals surface area contributed by atoms with Crippen LogP contribution >= 0.6 is 0 Å². The molecule has 0 saturated heterocycles. The maximum atomic E-state index is 12.8. The monoisotopic (exact) mass is 411 g/mol. The average molecular weight is 411 g/mol. The molecule has 1 heterocycles. The van der Waals surface area contributed by atoms with Crippen molar-refractivity contribution in [3.05, 3.63) is 75.1 Å². The minimum Gasteiger partial charge on any atom is -0.506 e. The zero-order valence-corrected chi connectivity index (χ0v) is 16.4. The molecule has 2 amide bonds. The van der Waals surface area contributed by atoms with Gasteiger partial charge >= 0.3 is 11.4 Å². The van der Waals surface area contributed by atoms with Gasteiger partial charge in [-0.05, 0) is 29.8 Å². The Hall–Kier alpha value is -4.08. The molecule has 1 aromatic heterocycles. The molecule has 156 valence electrons. The van der Waals surface area contributed by atoms with Crippen LogP contribution in [0.2, 0.25) is 0 Å². The average Bonchev–Trinajstić information content (AvgIpc) is 3.02. The predicted molar refractivity (Wildman–Crippen MR) is 109 cm³/mol. The second kappa shape index (κ2) is 8.52. The molecule has 0 aliphatic carbocycles. The molecular formula is C20H21N5O5. The van der Waals surface area contributed by atoms with E-state index in [1.165, 1.54) is 26.1 Å². The van der Waals surface area contributed by atoms with E-state index in [4.69, 9.17) is 0 Å². The summed E-state index contributed by atoms with van der Waals surface area (Å²) in [6.07, 6.45) is 0.116. The number of aromatic nitrogens is 3. The third-order valence-corrected chi connectivity index (χ3v) is 4.47. The van der Waals surface area contributed by atoms with Crippen LogP contribution < -0.4 is 22.0 Å². The van der Waals surface area contributed by atoms with E-state index in [0.717, 1.165) is 9.25 Å². The van der Waals surface area contributed by atoms with E-state index in [1.807, 2.05) is 0 Å². The Morgan fingerprint density at radius 3 is 2.47 bits per heavy atom. The lowest BCUT2D eigenvalue weighted by molar-refractivity contribution is -0.127. The summed E-state index contributed by atoms with van der Waals surface area (Å²) in [5.41, 5.74) is -0.377. The fourth-order valence-corrected chi connectivity index (χ4v) is 3.09. The van der Waals surface area contributed by atoms with E-state index in [9.17, 15) is 24.3 Å². The lowest BCUT2D eigenvalue weighted by Gasteiger charge is -2.17. The van der Waals surface area contributed by atoms with Crippen molar-refractivity contribution in [1.82, 2.24) is 25.0 Å². The molecule has 30 heavy (non-hydrogen) atoms. The lowest BCUT2D eigenvalue weighted by Crippen LogP contribution is -2.46. The van der Waals surface area contributed by atoms with Gasteiger partial charge in [0.05, 0.1) is 5.69 Å². The smallest absolute Gasteiger partial charge is 0.356 e. The van der Waals surface area contributed by atoms with E-state index in [0.29, 0.717) is 11.3 Å². The predicted octanol–water partition coefficient (Wildman–Crippen LogP) is -0.185. The number of likely N-dealkylation sites (N-methyl/N-ethyl adjacent to an activating group) is 1. The molecule has 4 N–H and O–H groups in total.